The third-order valence-corrected chi connectivity index (χ3v) is 11.7. The van der Waals surface area contributed by atoms with Crippen molar-refractivity contribution < 1.29 is 0 Å². The molecule has 1 aliphatic rings. The van der Waals surface area contributed by atoms with E-state index in [1.54, 1.807) is 0 Å². The van der Waals surface area contributed by atoms with Gasteiger partial charge in [-0.15, -0.1) is 0 Å². The van der Waals surface area contributed by atoms with Crippen molar-refractivity contribution >= 4 is 76.9 Å². The Morgan fingerprint density at radius 1 is 0.446 bits per heavy atom. The predicted molar refractivity (Wildman–Crippen MR) is 239 cm³/mol. The average molecular weight is 715 g/mol. The number of aromatic nitrogens is 1. The fourth-order valence-corrected chi connectivity index (χ4v) is 9.12. The van der Waals surface area contributed by atoms with E-state index in [9.17, 15) is 0 Å². The summed E-state index contributed by atoms with van der Waals surface area (Å²) in [6, 6.07) is 70.7. The van der Waals surface area contributed by atoms with Gasteiger partial charge in [0, 0.05) is 49.9 Å². The van der Waals surface area contributed by atoms with Gasteiger partial charge in [0.25, 0.3) is 0 Å². The Morgan fingerprint density at radius 3 is 1.73 bits per heavy atom. The van der Waals surface area contributed by atoms with Crippen molar-refractivity contribution in [3.63, 3.8) is 0 Å². The fourth-order valence-electron chi connectivity index (χ4n) is 9.12. The molecule has 0 bridgehead atoms. The van der Waals surface area contributed by atoms with E-state index in [4.69, 9.17) is 0 Å². The maximum absolute atomic E-state index is 2.53. The van der Waals surface area contributed by atoms with Crippen LogP contribution in [0, 0.1) is 0 Å². The van der Waals surface area contributed by atoms with Crippen LogP contribution in [-0.2, 0) is 0 Å². The predicted octanol–water partition coefficient (Wildman–Crippen LogP) is 15.0. The summed E-state index contributed by atoms with van der Waals surface area (Å²) in [7, 11) is 0. The Labute approximate surface area is 326 Å². The van der Waals surface area contributed by atoms with Gasteiger partial charge in [0.05, 0.1) is 16.7 Å². The lowest BCUT2D eigenvalue weighted by Gasteiger charge is -2.28. The van der Waals surface area contributed by atoms with Crippen LogP contribution < -0.4 is 4.90 Å². The van der Waals surface area contributed by atoms with E-state index in [-0.39, 0.29) is 0 Å². The number of benzene rings is 9. The molecule has 0 spiro atoms. The maximum Gasteiger partial charge on any atom is 0.0626 e. The van der Waals surface area contributed by atoms with Crippen molar-refractivity contribution in [3.05, 3.63) is 218 Å². The second-order valence-corrected chi connectivity index (χ2v) is 14.8. The summed E-state index contributed by atoms with van der Waals surface area (Å²) < 4.78 is 2.53. The van der Waals surface area contributed by atoms with Gasteiger partial charge in [-0.3, -0.25) is 0 Å². The number of anilines is 3. The lowest BCUT2D eigenvalue weighted by molar-refractivity contribution is 0.850. The third-order valence-electron chi connectivity index (χ3n) is 11.7. The summed E-state index contributed by atoms with van der Waals surface area (Å²) in [6.45, 7) is 0. The molecule has 2 nitrogen and oxygen atoms in total. The number of rotatable bonds is 6. The molecule has 0 N–H and O–H groups in total. The molecule has 0 radical (unpaired) electrons. The number of para-hydroxylation sites is 2. The number of hydrogen-bond donors (Lipinski definition) is 0. The first kappa shape index (κ1) is 32.3. The van der Waals surface area contributed by atoms with E-state index >= 15 is 0 Å². The average Bonchev–Trinajstić information content (AvgIpc) is 3.63. The first-order valence-electron chi connectivity index (χ1n) is 19.6. The second-order valence-electron chi connectivity index (χ2n) is 14.8. The Balaban J connectivity index is 1.19. The van der Waals surface area contributed by atoms with Crippen LogP contribution >= 0.6 is 0 Å². The molecule has 1 aromatic heterocycles. The minimum atomic E-state index is 0.370. The molecule has 10 aromatic rings. The van der Waals surface area contributed by atoms with Crippen LogP contribution in [0.5, 0.6) is 0 Å². The minimum absolute atomic E-state index is 0.370. The molecule has 1 unspecified atom stereocenters. The van der Waals surface area contributed by atoms with E-state index in [1.165, 1.54) is 76.5 Å². The molecule has 0 saturated carbocycles. The maximum atomic E-state index is 2.53. The highest BCUT2D eigenvalue weighted by Gasteiger charge is 2.24. The molecule has 11 rings (SSSR count). The molecule has 1 heterocycles. The van der Waals surface area contributed by atoms with Crippen LogP contribution in [0.25, 0.3) is 70.9 Å². The van der Waals surface area contributed by atoms with Gasteiger partial charge in [-0.1, -0.05) is 170 Å². The van der Waals surface area contributed by atoms with Crippen LogP contribution in [0.1, 0.15) is 17.9 Å². The zero-order valence-corrected chi connectivity index (χ0v) is 30.9. The summed E-state index contributed by atoms with van der Waals surface area (Å²) in [4.78, 5) is 2.43. The number of allylic oxidation sites excluding steroid dienone is 4. The Kier molecular flexibility index (Phi) is 7.67. The molecule has 1 aliphatic carbocycles. The zero-order valence-electron chi connectivity index (χ0n) is 30.9. The molecule has 0 fully saturated rings. The molecule has 9 aromatic carbocycles. The van der Waals surface area contributed by atoms with Crippen LogP contribution in [0.3, 0.4) is 0 Å². The highest BCUT2D eigenvalue weighted by atomic mass is 15.1. The zero-order chi connectivity index (χ0) is 37.0. The summed E-state index contributed by atoms with van der Waals surface area (Å²) >= 11 is 0. The van der Waals surface area contributed by atoms with Crippen LogP contribution in [-0.4, -0.2) is 4.57 Å². The van der Waals surface area contributed by atoms with Gasteiger partial charge in [-0.25, -0.2) is 0 Å². The molecule has 0 aliphatic heterocycles. The van der Waals surface area contributed by atoms with E-state index in [2.05, 4.69) is 222 Å². The largest absolute Gasteiger partial charge is 0.310 e. The highest BCUT2D eigenvalue weighted by molar-refractivity contribution is 6.38. The van der Waals surface area contributed by atoms with Gasteiger partial charge in [-0.05, 0) is 81.7 Å². The standard InChI is InChI=1S/C54H38N2/c1-4-16-37(17-5-1)39-28-32-42(33-29-39)55(41-20-8-3-9-21-41)51-36-49-44-22-10-13-25-47(44)54-53(52(49)46-24-12-11-23-45(46)51)48-26-14-15-27-50(48)56(54)43-34-30-40(31-35-43)38-18-6-2-7-19-38/h1-30,32-36,40H,31H2. The van der Waals surface area contributed by atoms with Crippen molar-refractivity contribution in [2.45, 2.75) is 12.3 Å². The Bertz CT molecular complexity index is 3140. The summed E-state index contributed by atoms with van der Waals surface area (Å²) in [5, 5.41) is 10.1. The molecule has 56 heavy (non-hydrogen) atoms. The molecule has 0 amide bonds. The topological polar surface area (TPSA) is 8.17 Å². The first-order valence-corrected chi connectivity index (χ1v) is 19.6. The first-order chi connectivity index (χ1) is 27.8. The highest BCUT2D eigenvalue weighted by Crippen LogP contribution is 2.49. The van der Waals surface area contributed by atoms with Gasteiger partial charge in [-0.2, -0.15) is 0 Å². The lowest BCUT2D eigenvalue weighted by atomic mass is 9.91. The summed E-state index contributed by atoms with van der Waals surface area (Å²) in [5.74, 6) is 0.370. The van der Waals surface area contributed by atoms with Crippen molar-refractivity contribution in [1.29, 1.82) is 0 Å². The van der Waals surface area contributed by atoms with Crippen LogP contribution in [0.4, 0.5) is 17.1 Å². The number of nitrogens with zero attached hydrogens (tertiary/aromatic N) is 2. The number of hydrogen-bond acceptors (Lipinski definition) is 1. The smallest absolute Gasteiger partial charge is 0.0626 e. The van der Waals surface area contributed by atoms with Gasteiger partial charge in [0.15, 0.2) is 0 Å². The van der Waals surface area contributed by atoms with Crippen molar-refractivity contribution in [3.8, 4) is 11.1 Å². The van der Waals surface area contributed by atoms with Gasteiger partial charge >= 0.3 is 0 Å². The molecule has 0 saturated heterocycles. The normalized spacial score (nSPS) is 14.2. The minimum Gasteiger partial charge on any atom is -0.310 e. The van der Waals surface area contributed by atoms with E-state index in [0.717, 1.165) is 23.5 Å². The molecule has 264 valence electrons. The van der Waals surface area contributed by atoms with E-state index in [0.29, 0.717) is 5.92 Å². The van der Waals surface area contributed by atoms with Gasteiger partial charge in [0.2, 0.25) is 0 Å². The monoisotopic (exact) mass is 714 g/mol. The van der Waals surface area contributed by atoms with Crippen molar-refractivity contribution in [2.75, 3.05) is 4.90 Å². The summed E-state index contributed by atoms with van der Waals surface area (Å²) in [5.41, 5.74) is 10.9. The Hall–Kier alpha value is -7.16. The number of fused-ring (bicyclic) bond motifs is 10. The molecular formula is C54H38N2. The molecule has 1 atom stereocenters. The van der Waals surface area contributed by atoms with Crippen molar-refractivity contribution in [1.82, 2.24) is 4.57 Å². The molecular weight excluding hydrogens is 677 g/mol. The van der Waals surface area contributed by atoms with E-state index < -0.39 is 0 Å². The fraction of sp³-hybridized carbons (Fsp3) is 0.0370. The molecule has 2 heteroatoms. The third kappa shape index (κ3) is 5.18. The van der Waals surface area contributed by atoms with Crippen molar-refractivity contribution in [2.24, 2.45) is 0 Å². The SMILES string of the molecule is C1=CC(c2ccccc2)CC=C1n1c2ccccc2c2c3c4ccccc4c(N(c4ccccc4)c4ccc(-c5ccccc5)cc4)cc3c3ccccc3c21. The summed E-state index contributed by atoms with van der Waals surface area (Å²) in [6.07, 6.45) is 8.13. The lowest BCUT2D eigenvalue weighted by Crippen LogP contribution is -2.10. The Morgan fingerprint density at radius 2 is 1.02 bits per heavy atom. The van der Waals surface area contributed by atoms with E-state index in [1.807, 2.05) is 0 Å². The second kappa shape index (κ2) is 13.3. The van der Waals surface area contributed by atoms with Crippen LogP contribution in [0.15, 0.2) is 212 Å². The van der Waals surface area contributed by atoms with Crippen LogP contribution in [0.2, 0.25) is 0 Å². The van der Waals surface area contributed by atoms with Gasteiger partial charge in [0.1, 0.15) is 0 Å². The quantitative estimate of drug-likeness (QED) is 0.156. The van der Waals surface area contributed by atoms with Gasteiger partial charge < -0.3 is 9.47 Å².